The fourth-order valence-corrected chi connectivity index (χ4v) is 1.63. The SMILES string of the molecule is COc1cc(C#N)ccc1Nc1ccc(N)c(C#N)n1. The zero-order valence-corrected chi connectivity index (χ0v) is 10.7. The molecule has 0 bridgehead atoms. The van der Waals surface area contributed by atoms with Gasteiger partial charge in [0.15, 0.2) is 5.69 Å². The quantitative estimate of drug-likeness (QED) is 0.880. The Morgan fingerprint density at radius 2 is 2.00 bits per heavy atom. The van der Waals surface area contributed by atoms with Crippen LogP contribution in [-0.2, 0) is 0 Å². The maximum absolute atomic E-state index is 8.90. The van der Waals surface area contributed by atoms with Gasteiger partial charge in [0.2, 0.25) is 0 Å². The van der Waals surface area contributed by atoms with Crippen LogP contribution in [0.15, 0.2) is 30.3 Å². The lowest BCUT2D eigenvalue weighted by Gasteiger charge is -2.11. The van der Waals surface area contributed by atoms with Gasteiger partial charge in [-0.3, -0.25) is 0 Å². The number of pyridine rings is 1. The van der Waals surface area contributed by atoms with Crippen molar-refractivity contribution < 1.29 is 4.74 Å². The number of nitrogens with zero attached hydrogens (tertiary/aromatic N) is 3. The minimum atomic E-state index is 0.155. The second kappa shape index (κ2) is 5.59. The standard InChI is InChI=1S/C14H11N5O/c1-20-13-6-9(7-15)2-4-11(13)18-14-5-3-10(17)12(8-16)19-14/h2-6H,17H2,1H3,(H,18,19). The highest BCUT2D eigenvalue weighted by Crippen LogP contribution is 2.28. The average molecular weight is 265 g/mol. The lowest BCUT2D eigenvalue weighted by Crippen LogP contribution is -2.00. The van der Waals surface area contributed by atoms with Gasteiger partial charge in [0.25, 0.3) is 0 Å². The fraction of sp³-hybridized carbons (Fsp3) is 0.0714. The van der Waals surface area contributed by atoms with Gasteiger partial charge in [-0.25, -0.2) is 4.98 Å². The topological polar surface area (TPSA) is 108 Å². The van der Waals surface area contributed by atoms with Crippen LogP contribution in [0, 0.1) is 22.7 Å². The molecular weight excluding hydrogens is 254 g/mol. The Morgan fingerprint density at radius 1 is 1.20 bits per heavy atom. The smallest absolute Gasteiger partial charge is 0.165 e. The predicted molar refractivity (Wildman–Crippen MR) is 74.4 cm³/mol. The van der Waals surface area contributed by atoms with E-state index in [1.807, 2.05) is 12.1 Å². The number of rotatable bonds is 3. The number of ether oxygens (including phenoxy) is 1. The molecule has 0 radical (unpaired) electrons. The summed E-state index contributed by atoms with van der Waals surface area (Å²) in [7, 11) is 1.51. The molecule has 1 aromatic carbocycles. The van der Waals surface area contributed by atoms with Gasteiger partial charge in [0, 0.05) is 6.07 Å². The van der Waals surface area contributed by atoms with Gasteiger partial charge in [0.05, 0.1) is 30.1 Å². The molecule has 0 unspecified atom stereocenters. The third-order valence-corrected chi connectivity index (χ3v) is 2.63. The van der Waals surface area contributed by atoms with E-state index >= 15 is 0 Å². The summed E-state index contributed by atoms with van der Waals surface area (Å²) >= 11 is 0. The van der Waals surface area contributed by atoms with Crippen molar-refractivity contribution in [1.82, 2.24) is 4.98 Å². The van der Waals surface area contributed by atoms with Gasteiger partial charge in [-0.2, -0.15) is 10.5 Å². The average Bonchev–Trinajstić information content (AvgIpc) is 2.49. The van der Waals surface area contributed by atoms with E-state index in [1.54, 1.807) is 30.3 Å². The molecule has 98 valence electrons. The van der Waals surface area contributed by atoms with Crippen molar-refractivity contribution in [3.63, 3.8) is 0 Å². The minimum absolute atomic E-state index is 0.155. The molecule has 0 spiro atoms. The molecule has 20 heavy (non-hydrogen) atoms. The summed E-state index contributed by atoms with van der Waals surface area (Å²) in [5, 5.41) is 20.8. The first-order chi connectivity index (χ1) is 9.67. The summed E-state index contributed by atoms with van der Waals surface area (Å²) < 4.78 is 5.21. The van der Waals surface area contributed by atoms with Gasteiger partial charge < -0.3 is 15.8 Å². The maximum atomic E-state index is 8.90. The zero-order valence-electron chi connectivity index (χ0n) is 10.7. The Balaban J connectivity index is 2.35. The van der Waals surface area contributed by atoms with Gasteiger partial charge in [0.1, 0.15) is 17.6 Å². The number of benzene rings is 1. The molecule has 3 N–H and O–H groups in total. The monoisotopic (exact) mass is 265 g/mol. The second-order valence-corrected chi connectivity index (χ2v) is 3.90. The number of anilines is 3. The number of methoxy groups -OCH3 is 1. The maximum Gasteiger partial charge on any atom is 0.165 e. The van der Waals surface area contributed by atoms with Crippen molar-refractivity contribution in [3.05, 3.63) is 41.6 Å². The lowest BCUT2D eigenvalue weighted by molar-refractivity contribution is 0.416. The number of hydrogen-bond acceptors (Lipinski definition) is 6. The summed E-state index contributed by atoms with van der Waals surface area (Å²) in [5.41, 5.74) is 7.23. The Bertz CT molecular complexity index is 727. The summed E-state index contributed by atoms with van der Waals surface area (Å²) in [6.07, 6.45) is 0. The Kier molecular flexibility index (Phi) is 3.69. The van der Waals surface area contributed by atoms with Crippen molar-refractivity contribution in [2.45, 2.75) is 0 Å². The number of aromatic nitrogens is 1. The molecule has 2 aromatic rings. The summed E-state index contributed by atoms with van der Waals surface area (Å²) in [4.78, 5) is 4.09. The van der Waals surface area contributed by atoms with E-state index in [1.165, 1.54) is 7.11 Å². The number of nitrogens with two attached hydrogens (primary N) is 1. The van der Waals surface area contributed by atoms with E-state index in [4.69, 9.17) is 21.0 Å². The summed E-state index contributed by atoms with van der Waals surface area (Å²) in [5.74, 6) is 0.986. The summed E-state index contributed by atoms with van der Waals surface area (Å²) in [6.45, 7) is 0. The molecule has 0 atom stereocenters. The first kappa shape index (κ1) is 13.2. The van der Waals surface area contributed by atoms with Gasteiger partial charge >= 0.3 is 0 Å². The molecule has 0 amide bonds. The van der Waals surface area contributed by atoms with Crippen molar-refractivity contribution in [1.29, 1.82) is 10.5 Å². The van der Waals surface area contributed by atoms with Crippen LogP contribution in [0.3, 0.4) is 0 Å². The van der Waals surface area contributed by atoms with Gasteiger partial charge in [-0.1, -0.05) is 0 Å². The molecule has 6 nitrogen and oxygen atoms in total. The number of hydrogen-bond donors (Lipinski definition) is 2. The summed E-state index contributed by atoms with van der Waals surface area (Å²) in [6, 6.07) is 12.2. The van der Waals surface area contributed by atoms with Gasteiger partial charge in [-0.15, -0.1) is 0 Å². The molecule has 1 heterocycles. The Morgan fingerprint density at radius 3 is 2.65 bits per heavy atom. The number of nitrogen functional groups attached to an aromatic ring is 1. The van der Waals surface area contributed by atoms with E-state index in [9.17, 15) is 0 Å². The van der Waals surface area contributed by atoms with E-state index in [2.05, 4.69) is 10.3 Å². The van der Waals surface area contributed by atoms with Crippen LogP contribution in [-0.4, -0.2) is 12.1 Å². The van der Waals surface area contributed by atoms with Crippen LogP contribution in [0.2, 0.25) is 0 Å². The van der Waals surface area contributed by atoms with Crippen LogP contribution in [0.4, 0.5) is 17.2 Å². The molecular formula is C14H11N5O. The second-order valence-electron chi connectivity index (χ2n) is 3.90. The fourth-order valence-electron chi connectivity index (χ4n) is 1.63. The van der Waals surface area contributed by atoms with Crippen molar-refractivity contribution >= 4 is 17.2 Å². The molecule has 0 aliphatic carbocycles. The first-order valence-electron chi connectivity index (χ1n) is 5.69. The lowest BCUT2D eigenvalue weighted by atomic mass is 10.2. The zero-order chi connectivity index (χ0) is 14.5. The largest absolute Gasteiger partial charge is 0.495 e. The Hall–Kier alpha value is -3.25. The third kappa shape index (κ3) is 2.60. The number of nitriles is 2. The van der Waals surface area contributed by atoms with Crippen LogP contribution in [0.25, 0.3) is 0 Å². The predicted octanol–water partition coefficient (Wildman–Crippen LogP) is 2.16. The van der Waals surface area contributed by atoms with Crippen LogP contribution >= 0.6 is 0 Å². The van der Waals surface area contributed by atoms with Crippen molar-refractivity contribution in [2.75, 3.05) is 18.2 Å². The highest BCUT2D eigenvalue weighted by Gasteiger charge is 2.07. The highest BCUT2D eigenvalue weighted by atomic mass is 16.5. The third-order valence-electron chi connectivity index (χ3n) is 2.63. The van der Waals surface area contributed by atoms with E-state index < -0.39 is 0 Å². The minimum Gasteiger partial charge on any atom is -0.495 e. The van der Waals surface area contributed by atoms with E-state index in [0.717, 1.165) is 0 Å². The molecule has 2 rings (SSSR count). The molecule has 0 fully saturated rings. The normalized spacial score (nSPS) is 9.35. The van der Waals surface area contributed by atoms with Crippen LogP contribution in [0.5, 0.6) is 5.75 Å². The highest BCUT2D eigenvalue weighted by molar-refractivity contribution is 5.67. The van der Waals surface area contributed by atoms with E-state index in [-0.39, 0.29) is 5.69 Å². The molecule has 0 saturated heterocycles. The molecule has 6 heteroatoms. The molecule has 0 saturated carbocycles. The first-order valence-corrected chi connectivity index (χ1v) is 5.69. The van der Waals surface area contributed by atoms with Crippen molar-refractivity contribution in [2.24, 2.45) is 0 Å². The Labute approximate surface area is 116 Å². The van der Waals surface area contributed by atoms with Crippen LogP contribution < -0.4 is 15.8 Å². The van der Waals surface area contributed by atoms with Crippen LogP contribution in [0.1, 0.15) is 11.3 Å². The van der Waals surface area contributed by atoms with E-state index in [0.29, 0.717) is 28.5 Å². The molecule has 0 aliphatic rings. The van der Waals surface area contributed by atoms with Crippen molar-refractivity contribution in [3.8, 4) is 17.9 Å². The molecule has 0 aliphatic heterocycles. The van der Waals surface area contributed by atoms with Gasteiger partial charge in [-0.05, 0) is 24.3 Å². The number of nitrogens with one attached hydrogen (secondary N) is 1. The molecule has 1 aromatic heterocycles.